The lowest BCUT2D eigenvalue weighted by molar-refractivity contribution is 0.879. The number of benzene rings is 1. The number of hydrogen-bond donors (Lipinski definition) is 1. The summed E-state index contributed by atoms with van der Waals surface area (Å²) in [5.74, 6) is 0.133. The second-order valence-corrected chi connectivity index (χ2v) is 3.72. The average molecular weight is 236 g/mol. The van der Waals surface area contributed by atoms with Gasteiger partial charge in [0.25, 0.3) is 5.82 Å². The molecule has 0 radical (unpaired) electrons. The number of nitrogens with two attached hydrogens (primary N) is 1. The first-order valence-corrected chi connectivity index (χ1v) is 5.24. The molecule has 0 unspecified atom stereocenters. The summed E-state index contributed by atoms with van der Waals surface area (Å²) in [6.45, 7) is 0. The van der Waals surface area contributed by atoms with Crippen molar-refractivity contribution in [2.45, 2.75) is 0 Å². The van der Waals surface area contributed by atoms with Gasteiger partial charge >= 0.3 is 0 Å². The molecule has 6 heteroatoms. The van der Waals surface area contributed by atoms with E-state index in [0.717, 1.165) is 16.5 Å². The van der Waals surface area contributed by atoms with E-state index < -0.39 is 0 Å². The molecule has 3 aromatic rings. The smallest absolute Gasteiger partial charge is 0.252 e. The van der Waals surface area contributed by atoms with E-state index >= 15 is 0 Å². The standard InChI is InChI=1S/C12H8N6/c13-5-12-16-7-18(17-12)11-2-1-10(14)9-6-15-4-3-8(9)11/h1-4,6-7H,14H2. The molecule has 1 aromatic carbocycles. The zero-order valence-corrected chi connectivity index (χ0v) is 9.28. The molecular formula is C12H8N6. The summed E-state index contributed by atoms with van der Waals surface area (Å²) in [5.41, 5.74) is 7.37. The minimum Gasteiger partial charge on any atom is -0.398 e. The molecule has 2 aromatic heterocycles. The summed E-state index contributed by atoms with van der Waals surface area (Å²) in [4.78, 5) is 7.94. The van der Waals surface area contributed by atoms with Gasteiger partial charge in [0.15, 0.2) is 0 Å². The van der Waals surface area contributed by atoms with Crippen LogP contribution in [0.4, 0.5) is 5.69 Å². The maximum absolute atomic E-state index is 8.74. The zero-order chi connectivity index (χ0) is 12.5. The fourth-order valence-corrected chi connectivity index (χ4v) is 1.83. The first-order valence-electron chi connectivity index (χ1n) is 5.24. The van der Waals surface area contributed by atoms with Crippen LogP contribution < -0.4 is 5.73 Å². The summed E-state index contributed by atoms with van der Waals surface area (Å²) < 4.78 is 1.56. The molecule has 0 atom stereocenters. The summed E-state index contributed by atoms with van der Waals surface area (Å²) in [6.07, 6.45) is 4.90. The Morgan fingerprint density at radius 1 is 1.22 bits per heavy atom. The molecule has 0 saturated carbocycles. The predicted molar refractivity (Wildman–Crippen MR) is 65.8 cm³/mol. The normalized spacial score (nSPS) is 10.4. The lowest BCUT2D eigenvalue weighted by Gasteiger charge is -2.07. The van der Waals surface area contributed by atoms with Crippen molar-refractivity contribution in [3.05, 3.63) is 42.7 Å². The van der Waals surface area contributed by atoms with Gasteiger partial charge in [-0.25, -0.2) is 9.67 Å². The van der Waals surface area contributed by atoms with Gasteiger partial charge in [-0.15, -0.1) is 5.10 Å². The molecule has 2 heterocycles. The van der Waals surface area contributed by atoms with Crippen molar-refractivity contribution < 1.29 is 0 Å². The summed E-state index contributed by atoms with van der Waals surface area (Å²) in [5, 5.41) is 14.6. The van der Waals surface area contributed by atoms with Gasteiger partial charge in [0.1, 0.15) is 12.4 Å². The van der Waals surface area contributed by atoms with Crippen LogP contribution in [0.1, 0.15) is 5.82 Å². The Hall–Kier alpha value is -2.94. The highest BCUT2D eigenvalue weighted by Crippen LogP contribution is 2.25. The van der Waals surface area contributed by atoms with Crippen molar-refractivity contribution in [1.29, 1.82) is 5.26 Å². The Morgan fingerprint density at radius 3 is 2.89 bits per heavy atom. The van der Waals surface area contributed by atoms with Gasteiger partial charge < -0.3 is 5.73 Å². The van der Waals surface area contributed by atoms with Crippen LogP contribution in [0.15, 0.2) is 36.9 Å². The van der Waals surface area contributed by atoms with Crippen molar-refractivity contribution in [2.24, 2.45) is 0 Å². The van der Waals surface area contributed by atoms with Crippen LogP contribution in [0.3, 0.4) is 0 Å². The van der Waals surface area contributed by atoms with Crippen LogP contribution in [0, 0.1) is 11.3 Å². The highest BCUT2D eigenvalue weighted by molar-refractivity contribution is 5.97. The van der Waals surface area contributed by atoms with Crippen molar-refractivity contribution >= 4 is 16.5 Å². The fraction of sp³-hybridized carbons (Fsp3) is 0. The van der Waals surface area contributed by atoms with E-state index in [0.29, 0.717) is 5.69 Å². The molecule has 0 saturated heterocycles. The Kier molecular flexibility index (Phi) is 2.17. The number of fused-ring (bicyclic) bond motifs is 1. The molecule has 18 heavy (non-hydrogen) atoms. The first kappa shape index (κ1) is 10.2. The van der Waals surface area contributed by atoms with Crippen molar-refractivity contribution in [2.75, 3.05) is 5.73 Å². The van der Waals surface area contributed by atoms with E-state index in [1.54, 1.807) is 23.1 Å². The second-order valence-electron chi connectivity index (χ2n) is 3.72. The molecule has 0 aliphatic heterocycles. The fourth-order valence-electron chi connectivity index (χ4n) is 1.83. The molecule has 6 nitrogen and oxygen atoms in total. The molecule has 0 aliphatic carbocycles. The van der Waals surface area contributed by atoms with Crippen LogP contribution in [0.5, 0.6) is 0 Å². The Balaban J connectivity index is 2.30. The summed E-state index contributed by atoms with van der Waals surface area (Å²) >= 11 is 0. The molecule has 0 aliphatic rings. The monoisotopic (exact) mass is 236 g/mol. The van der Waals surface area contributed by atoms with Crippen LogP contribution in [0.25, 0.3) is 16.5 Å². The number of nitrogen functional groups attached to an aromatic ring is 1. The maximum atomic E-state index is 8.74. The minimum atomic E-state index is 0.133. The van der Waals surface area contributed by atoms with Gasteiger partial charge in [-0.05, 0) is 18.2 Å². The average Bonchev–Trinajstić information content (AvgIpc) is 2.88. The highest BCUT2D eigenvalue weighted by atomic mass is 15.3. The number of nitrogens with zero attached hydrogens (tertiary/aromatic N) is 5. The summed E-state index contributed by atoms with van der Waals surface area (Å²) in [7, 11) is 0. The van der Waals surface area contributed by atoms with E-state index in [1.165, 1.54) is 6.33 Å². The lowest BCUT2D eigenvalue weighted by atomic mass is 10.1. The number of pyridine rings is 1. The van der Waals surface area contributed by atoms with Gasteiger partial charge in [0.05, 0.1) is 5.69 Å². The van der Waals surface area contributed by atoms with Gasteiger partial charge in [-0.1, -0.05) is 0 Å². The maximum Gasteiger partial charge on any atom is 0.252 e. The molecule has 0 fully saturated rings. The van der Waals surface area contributed by atoms with Crippen LogP contribution in [0.2, 0.25) is 0 Å². The second kappa shape index (κ2) is 3.82. The number of nitriles is 1. The van der Waals surface area contributed by atoms with Gasteiger partial charge in [-0.2, -0.15) is 5.26 Å². The SMILES string of the molecule is N#Cc1ncn(-c2ccc(N)c3cnccc23)n1. The molecule has 2 N–H and O–H groups in total. The summed E-state index contributed by atoms with van der Waals surface area (Å²) in [6, 6.07) is 7.38. The van der Waals surface area contributed by atoms with E-state index in [-0.39, 0.29) is 5.82 Å². The quantitative estimate of drug-likeness (QED) is 0.642. The van der Waals surface area contributed by atoms with Crippen LogP contribution >= 0.6 is 0 Å². The molecule has 0 amide bonds. The van der Waals surface area contributed by atoms with Crippen LogP contribution in [-0.2, 0) is 0 Å². The van der Waals surface area contributed by atoms with Gasteiger partial charge in [-0.3, -0.25) is 4.98 Å². The minimum absolute atomic E-state index is 0.133. The van der Waals surface area contributed by atoms with Crippen molar-refractivity contribution in [3.8, 4) is 11.8 Å². The van der Waals surface area contributed by atoms with Crippen LogP contribution in [-0.4, -0.2) is 19.7 Å². The zero-order valence-electron chi connectivity index (χ0n) is 9.28. The van der Waals surface area contributed by atoms with E-state index in [1.807, 2.05) is 18.2 Å². The third kappa shape index (κ3) is 1.46. The lowest BCUT2D eigenvalue weighted by Crippen LogP contribution is -1.98. The molecule has 0 bridgehead atoms. The van der Waals surface area contributed by atoms with E-state index in [9.17, 15) is 0 Å². The van der Waals surface area contributed by atoms with Crippen molar-refractivity contribution in [3.63, 3.8) is 0 Å². The first-order chi connectivity index (χ1) is 8.79. The Morgan fingerprint density at radius 2 is 2.11 bits per heavy atom. The number of aromatic nitrogens is 4. The predicted octanol–water partition coefficient (Wildman–Crippen LogP) is 1.27. The molecule has 3 rings (SSSR count). The molecule has 86 valence electrons. The Bertz CT molecular complexity index is 768. The number of rotatable bonds is 1. The number of anilines is 1. The largest absolute Gasteiger partial charge is 0.398 e. The van der Waals surface area contributed by atoms with Gasteiger partial charge in [0, 0.05) is 28.9 Å². The molecule has 0 spiro atoms. The topological polar surface area (TPSA) is 93.4 Å². The Labute approximate surface area is 102 Å². The number of hydrogen-bond acceptors (Lipinski definition) is 5. The van der Waals surface area contributed by atoms with E-state index in [2.05, 4.69) is 15.1 Å². The van der Waals surface area contributed by atoms with Crippen molar-refractivity contribution in [1.82, 2.24) is 19.7 Å². The third-order valence-corrected chi connectivity index (χ3v) is 2.67. The highest BCUT2D eigenvalue weighted by Gasteiger charge is 2.08. The molecular weight excluding hydrogens is 228 g/mol. The van der Waals surface area contributed by atoms with Gasteiger partial charge in [0.2, 0.25) is 0 Å². The van der Waals surface area contributed by atoms with E-state index in [4.69, 9.17) is 11.0 Å². The third-order valence-electron chi connectivity index (χ3n) is 2.67.